The highest BCUT2D eigenvalue weighted by Crippen LogP contribution is 2.09. The van der Waals surface area contributed by atoms with Crippen molar-refractivity contribution in [2.24, 2.45) is 10.9 Å². The van der Waals surface area contributed by atoms with Gasteiger partial charge in [0, 0.05) is 11.3 Å². The largest absolute Gasteiger partial charge is 0.464 e. The van der Waals surface area contributed by atoms with E-state index in [1.54, 1.807) is 12.3 Å². The first-order valence-corrected chi connectivity index (χ1v) is 4.36. The minimum absolute atomic E-state index is 0.392. The van der Waals surface area contributed by atoms with E-state index in [1.807, 2.05) is 12.1 Å². The second-order valence-corrected chi connectivity index (χ2v) is 3.31. The summed E-state index contributed by atoms with van der Waals surface area (Å²) in [4.78, 5) is 4.26. The lowest BCUT2D eigenvalue weighted by atomic mass is 10.1. The Balaban J connectivity index is 2.85. The Morgan fingerprint density at radius 3 is 3.08 bits per heavy atom. The minimum Gasteiger partial charge on any atom is -0.464 e. The highest BCUT2D eigenvalue weighted by atomic mass is 16.3. The molecule has 2 heteroatoms. The third-order valence-corrected chi connectivity index (χ3v) is 2.01. The Morgan fingerprint density at radius 2 is 2.31 bits per heavy atom. The molecule has 1 aliphatic rings. The average Bonchev–Trinajstić information content (AvgIpc) is 2.44. The van der Waals surface area contributed by atoms with Crippen LogP contribution in [0.1, 0.15) is 13.8 Å². The first kappa shape index (κ1) is 8.09. The SMILES string of the molecule is CC(C)C1=c2ccoc2=CC=C=N1. The molecule has 2 nitrogen and oxygen atoms in total. The maximum Gasteiger partial charge on any atom is 0.136 e. The molecule has 2 rings (SSSR count). The van der Waals surface area contributed by atoms with E-state index in [-0.39, 0.29) is 0 Å². The van der Waals surface area contributed by atoms with Crippen molar-refractivity contribution < 1.29 is 4.42 Å². The number of aliphatic imine (C=N–C) groups is 1. The van der Waals surface area contributed by atoms with Gasteiger partial charge in [-0.2, -0.15) is 0 Å². The Labute approximate surface area is 76.6 Å². The summed E-state index contributed by atoms with van der Waals surface area (Å²) >= 11 is 0. The van der Waals surface area contributed by atoms with Crippen molar-refractivity contribution in [2.45, 2.75) is 13.8 Å². The lowest BCUT2D eigenvalue weighted by molar-refractivity contribution is 0.530. The molecule has 66 valence electrons. The van der Waals surface area contributed by atoms with Gasteiger partial charge in [-0.15, -0.1) is 0 Å². The fraction of sp³-hybridized carbons (Fsp3) is 0.273. The van der Waals surface area contributed by atoms with Gasteiger partial charge in [-0.1, -0.05) is 13.8 Å². The number of allylic oxidation sites excluding steroid dienone is 1. The van der Waals surface area contributed by atoms with Crippen LogP contribution in [-0.2, 0) is 0 Å². The van der Waals surface area contributed by atoms with Crippen LogP contribution in [0, 0.1) is 5.92 Å². The first-order chi connectivity index (χ1) is 6.29. The Morgan fingerprint density at radius 1 is 1.46 bits per heavy atom. The maximum absolute atomic E-state index is 5.31. The van der Waals surface area contributed by atoms with Crippen molar-refractivity contribution in [1.29, 1.82) is 0 Å². The number of nitrogens with zero attached hydrogens (tertiary/aromatic N) is 1. The topological polar surface area (TPSA) is 25.5 Å². The van der Waals surface area contributed by atoms with E-state index in [0.717, 1.165) is 16.3 Å². The van der Waals surface area contributed by atoms with Gasteiger partial charge in [-0.3, -0.25) is 0 Å². The standard InChI is InChI=1S/C11H11NO/c1-8(2)11-9-5-7-13-10(9)4-3-6-12-11/h3-5,7-8H,1-2H3. The number of hydrogen-bond acceptors (Lipinski definition) is 2. The molecule has 1 aliphatic heterocycles. The predicted octanol–water partition coefficient (Wildman–Crippen LogP) is 1.06. The van der Waals surface area contributed by atoms with Crippen LogP contribution in [0.4, 0.5) is 0 Å². The predicted molar refractivity (Wildman–Crippen MR) is 52.7 cm³/mol. The third-order valence-electron chi connectivity index (χ3n) is 2.01. The summed E-state index contributed by atoms with van der Waals surface area (Å²) in [5.41, 5.74) is 1.91. The van der Waals surface area contributed by atoms with Crippen molar-refractivity contribution in [3.8, 4) is 0 Å². The monoisotopic (exact) mass is 173 g/mol. The molecule has 0 aliphatic carbocycles. The Bertz CT molecular complexity index is 484. The highest BCUT2D eigenvalue weighted by molar-refractivity contribution is 5.70. The highest BCUT2D eigenvalue weighted by Gasteiger charge is 2.05. The van der Waals surface area contributed by atoms with Crippen molar-refractivity contribution in [1.82, 2.24) is 0 Å². The zero-order valence-corrected chi connectivity index (χ0v) is 7.74. The van der Waals surface area contributed by atoms with Crippen LogP contribution in [0.15, 0.2) is 27.8 Å². The molecule has 0 saturated carbocycles. The average molecular weight is 173 g/mol. The fourth-order valence-electron chi connectivity index (χ4n) is 1.38. The van der Waals surface area contributed by atoms with Crippen LogP contribution in [0.5, 0.6) is 0 Å². The number of fused-ring (bicyclic) bond motifs is 1. The van der Waals surface area contributed by atoms with Gasteiger partial charge in [0.05, 0.1) is 12.0 Å². The lowest BCUT2D eigenvalue weighted by Crippen LogP contribution is -2.22. The van der Waals surface area contributed by atoms with Crippen molar-refractivity contribution in [3.05, 3.63) is 29.0 Å². The van der Waals surface area contributed by atoms with Gasteiger partial charge in [-0.05, 0) is 23.9 Å². The van der Waals surface area contributed by atoms with Crippen LogP contribution < -0.4 is 10.6 Å². The summed E-state index contributed by atoms with van der Waals surface area (Å²) in [7, 11) is 0. The molecular formula is C11H11NO. The lowest BCUT2D eigenvalue weighted by Gasteiger charge is -2.01. The summed E-state index contributed by atoms with van der Waals surface area (Å²) in [6.45, 7) is 4.23. The molecule has 0 saturated heterocycles. The van der Waals surface area contributed by atoms with Crippen LogP contribution in [-0.4, -0.2) is 5.87 Å². The van der Waals surface area contributed by atoms with E-state index in [2.05, 4.69) is 24.7 Å². The van der Waals surface area contributed by atoms with Crippen molar-refractivity contribution in [2.75, 3.05) is 0 Å². The molecule has 0 bridgehead atoms. The van der Waals surface area contributed by atoms with Gasteiger partial charge >= 0.3 is 0 Å². The second kappa shape index (κ2) is 3.08. The molecule has 0 aromatic carbocycles. The fourth-order valence-corrected chi connectivity index (χ4v) is 1.38. The summed E-state index contributed by atoms with van der Waals surface area (Å²) in [6.07, 6.45) is 5.35. The van der Waals surface area contributed by atoms with Crippen LogP contribution in [0.2, 0.25) is 0 Å². The molecule has 0 N–H and O–H groups in total. The van der Waals surface area contributed by atoms with Crippen molar-refractivity contribution in [3.63, 3.8) is 0 Å². The number of hydrogen-bond donors (Lipinski definition) is 0. The molecule has 0 atom stereocenters. The maximum atomic E-state index is 5.31. The van der Waals surface area contributed by atoms with Gasteiger partial charge in [0.2, 0.25) is 0 Å². The summed E-state index contributed by atoms with van der Waals surface area (Å²) in [5.74, 6) is 3.25. The molecule has 1 aromatic heterocycles. The molecule has 0 fully saturated rings. The van der Waals surface area contributed by atoms with E-state index >= 15 is 0 Å². The third kappa shape index (κ3) is 1.36. The Kier molecular flexibility index (Phi) is 1.91. The molecule has 0 amide bonds. The molecule has 2 heterocycles. The molecule has 13 heavy (non-hydrogen) atoms. The van der Waals surface area contributed by atoms with Crippen LogP contribution >= 0.6 is 0 Å². The summed E-state index contributed by atoms with van der Waals surface area (Å²) in [5, 5.41) is 1.08. The molecule has 0 spiro atoms. The first-order valence-electron chi connectivity index (χ1n) is 4.36. The van der Waals surface area contributed by atoms with Gasteiger partial charge in [0.1, 0.15) is 5.42 Å². The quantitative estimate of drug-likeness (QED) is 0.623. The van der Waals surface area contributed by atoms with Crippen molar-refractivity contribution >= 4 is 17.6 Å². The minimum atomic E-state index is 0.392. The van der Waals surface area contributed by atoms with Gasteiger partial charge in [-0.25, -0.2) is 4.99 Å². The van der Waals surface area contributed by atoms with E-state index in [9.17, 15) is 0 Å². The molecule has 1 aromatic rings. The summed E-state index contributed by atoms with van der Waals surface area (Å²) < 4.78 is 5.31. The van der Waals surface area contributed by atoms with Gasteiger partial charge < -0.3 is 4.42 Å². The van der Waals surface area contributed by atoms with Gasteiger partial charge in [0.15, 0.2) is 0 Å². The van der Waals surface area contributed by atoms with Crippen LogP contribution in [0.3, 0.4) is 0 Å². The number of rotatable bonds is 1. The zero-order valence-electron chi connectivity index (χ0n) is 7.74. The second-order valence-electron chi connectivity index (χ2n) is 3.31. The molecule has 0 unspecified atom stereocenters. The zero-order chi connectivity index (χ0) is 9.26. The molecular weight excluding hydrogens is 162 g/mol. The Hall–Kier alpha value is -1.53. The van der Waals surface area contributed by atoms with Crippen LogP contribution in [0.25, 0.3) is 11.8 Å². The van der Waals surface area contributed by atoms with Gasteiger partial charge in [0.25, 0.3) is 0 Å². The smallest absolute Gasteiger partial charge is 0.136 e. The van der Waals surface area contributed by atoms with E-state index in [1.165, 1.54) is 0 Å². The molecule has 0 radical (unpaired) electrons. The number of furan rings is 1. The van der Waals surface area contributed by atoms with E-state index in [0.29, 0.717) is 5.92 Å². The van der Waals surface area contributed by atoms with E-state index in [4.69, 9.17) is 4.42 Å². The normalized spacial score (nSPS) is 14.2. The summed E-state index contributed by atoms with van der Waals surface area (Å²) in [6, 6.07) is 1.95. The van der Waals surface area contributed by atoms with E-state index < -0.39 is 0 Å².